The van der Waals surface area contributed by atoms with E-state index in [0.717, 1.165) is 5.69 Å². The number of anilines is 2. The topological polar surface area (TPSA) is 92.5 Å². The average molecular weight is 239 g/mol. The zero-order chi connectivity index (χ0) is 11.5. The van der Waals surface area contributed by atoms with Crippen LogP contribution in [0.3, 0.4) is 0 Å². The van der Waals surface area contributed by atoms with E-state index in [9.17, 15) is 0 Å². The third-order valence-electron chi connectivity index (χ3n) is 2.17. The van der Waals surface area contributed by atoms with Gasteiger partial charge in [0.15, 0.2) is 5.82 Å². The number of aromatic amines is 1. The van der Waals surface area contributed by atoms with Crippen molar-refractivity contribution in [1.82, 2.24) is 20.6 Å². The minimum Gasteiger partial charge on any atom is -0.396 e. The fourth-order valence-corrected chi connectivity index (χ4v) is 1.49. The van der Waals surface area contributed by atoms with Crippen molar-refractivity contribution in [3.05, 3.63) is 29.0 Å². The molecule has 0 bridgehead atoms. The number of aromatic nitrogens is 4. The maximum absolute atomic E-state index is 5.91. The van der Waals surface area contributed by atoms with Crippen molar-refractivity contribution in [1.29, 1.82) is 0 Å². The highest BCUT2D eigenvalue weighted by Crippen LogP contribution is 2.28. The van der Waals surface area contributed by atoms with Gasteiger partial charge in [-0.15, -0.1) is 10.2 Å². The van der Waals surface area contributed by atoms with Crippen LogP contribution in [0.15, 0.2) is 18.2 Å². The Bertz CT molecular complexity index is 469. The molecule has 0 aliphatic carbocycles. The molecule has 0 aliphatic heterocycles. The highest BCUT2D eigenvalue weighted by molar-refractivity contribution is 6.33. The van der Waals surface area contributed by atoms with E-state index in [-0.39, 0.29) is 6.04 Å². The summed E-state index contributed by atoms with van der Waals surface area (Å²) in [6, 6.07) is 5.31. The number of rotatable bonds is 3. The molecule has 7 heteroatoms. The lowest BCUT2D eigenvalue weighted by molar-refractivity contribution is 0.794. The summed E-state index contributed by atoms with van der Waals surface area (Å²) in [5.41, 5.74) is 7.09. The van der Waals surface area contributed by atoms with Crippen molar-refractivity contribution in [2.75, 3.05) is 11.1 Å². The van der Waals surface area contributed by atoms with Crippen LogP contribution in [-0.4, -0.2) is 20.6 Å². The molecule has 16 heavy (non-hydrogen) atoms. The predicted molar refractivity (Wildman–Crippen MR) is 62.1 cm³/mol. The van der Waals surface area contributed by atoms with Gasteiger partial charge in [-0.1, -0.05) is 22.9 Å². The highest BCUT2D eigenvalue weighted by Gasteiger charge is 2.11. The van der Waals surface area contributed by atoms with E-state index in [1.165, 1.54) is 0 Å². The van der Waals surface area contributed by atoms with Gasteiger partial charge >= 0.3 is 0 Å². The van der Waals surface area contributed by atoms with Crippen molar-refractivity contribution >= 4 is 23.0 Å². The van der Waals surface area contributed by atoms with E-state index in [1.54, 1.807) is 6.07 Å². The monoisotopic (exact) mass is 238 g/mol. The fraction of sp³-hybridized carbons (Fsp3) is 0.222. The number of nitrogens with one attached hydrogen (secondary N) is 2. The smallest absolute Gasteiger partial charge is 0.196 e. The van der Waals surface area contributed by atoms with Gasteiger partial charge in [-0.05, 0) is 19.1 Å². The van der Waals surface area contributed by atoms with Crippen molar-refractivity contribution in [3.63, 3.8) is 0 Å². The number of tetrazole rings is 1. The summed E-state index contributed by atoms with van der Waals surface area (Å²) >= 11 is 5.91. The number of nitrogen functional groups attached to an aromatic ring is 1. The largest absolute Gasteiger partial charge is 0.396 e. The second-order valence-electron chi connectivity index (χ2n) is 3.34. The van der Waals surface area contributed by atoms with E-state index < -0.39 is 0 Å². The van der Waals surface area contributed by atoms with Crippen molar-refractivity contribution < 1.29 is 0 Å². The number of hydrogen-bond donors (Lipinski definition) is 3. The number of para-hydroxylation sites is 1. The highest BCUT2D eigenvalue weighted by atomic mass is 35.5. The lowest BCUT2D eigenvalue weighted by Gasteiger charge is -2.14. The summed E-state index contributed by atoms with van der Waals surface area (Å²) < 4.78 is 0. The molecule has 1 atom stereocenters. The van der Waals surface area contributed by atoms with Gasteiger partial charge in [0.25, 0.3) is 0 Å². The number of halogens is 1. The second-order valence-corrected chi connectivity index (χ2v) is 3.74. The number of hydrogen-bond acceptors (Lipinski definition) is 5. The zero-order valence-corrected chi connectivity index (χ0v) is 9.36. The standard InChI is InChI=1S/C9H11ClN6/c1-5(9-13-15-16-14-9)12-7-4-2-3-6(10)8(7)11/h2-5,12H,11H2,1H3,(H,13,14,15,16). The van der Waals surface area contributed by atoms with Crippen LogP contribution in [-0.2, 0) is 0 Å². The quantitative estimate of drug-likeness (QED) is 0.707. The molecule has 2 aromatic rings. The van der Waals surface area contributed by atoms with E-state index in [0.29, 0.717) is 16.5 Å². The number of benzene rings is 1. The van der Waals surface area contributed by atoms with Gasteiger partial charge in [0.2, 0.25) is 0 Å². The summed E-state index contributed by atoms with van der Waals surface area (Å²) in [6.45, 7) is 1.91. The van der Waals surface area contributed by atoms with E-state index in [1.807, 2.05) is 19.1 Å². The minimum atomic E-state index is -0.0977. The van der Waals surface area contributed by atoms with Gasteiger partial charge < -0.3 is 11.1 Å². The van der Waals surface area contributed by atoms with Crippen LogP contribution in [0.1, 0.15) is 18.8 Å². The number of nitrogens with two attached hydrogens (primary N) is 1. The average Bonchev–Trinajstić information content (AvgIpc) is 2.78. The maximum Gasteiger partial charge on any atom is 0.196 e. The van der Waals surface area contributed by atoms with Gasteiger partial charge in [-0.25, -0.2) is 0 Å². The Morgan fingerprint density at radius 2 is 2.31 bits per heavy atom. The first-order valence-electron chi connectivity index (χ1n) is 4.72. The third-order valence-corrected chi connectivity index (χ3v) is 2.50. The summed E-state index contributed by atoms with van der Waals surface area (Å²) in [6.07, 6.45) is 0. The predicted octanol–water partition coefficient (Wildman–Crippen LogP) is 1.61. The third kappa shape index (κ3) is 2.06. The van der Waals surface area contributed by atoms with Gasteiger partial charge in [0.1, 0.15) is 0 Å². The second kappa shape index (κ2) is 4.36. The molecule has 1 unspecified atom stereocenters. The molecule has 0 saturated heterocycles. The molecular weight excluding hydrogens is 228 g/mol. The normalized spacial score (nSPS) is 12.4. The zero-order valence-electron chi connectivity index (χ0n) is 8.61. The Balaban J connectivity index is 2.18. The minimum absolute atomic E-state index is 0.0977. The molecule has 0 aliphatic rings. The van der Waals surface area contributed by atoms with Crippen molar-refractivity contribution in [2.24, 2.45) is 0 Å². The summed E-state index contributed by atoms with van der Waals surface area (Å²) in [7, 11) is 0. The summed E-state index contributed by atoms with van der Waals surface area (Å²) in [5, 5.41) is 17.3. The van der Waals surface area contributed by atoms with Crippen LogP contribution in [0, 0.1) is 0 Å². The molecule has 0 radical (unpaired) electrons. The first kappa shape index (κ1) is 10.7. The Labute approximate surface area is 97.2 Å². The first-order valence-corrected chi connectivity index (χ1v) is 5.10. The van der Waals surface area contributed by atoms with Crippen molar-refractivity contribution in [3.8, 4) is 0 Å². The van der Waals surface area contributed by atoms with Crippen LogP contribution in [0.5, 0.6) is 0 Å². The van der Waals surface area contributed by atoms with Gasteiger partial charge in [0.05, 0.1) is 22.4 Å². The summed E-state index contributed by atoms with van der Waals surface area (Å²) in [4.78, 5) is 0. The van der Waals surface area contributed by atoms with Crippen LogP contribution in [0.4, 0.5) is 11.4 Å². The molecule has 0 fully saturated rings. The molecule has 0 spiro atoms. The van der Waals surface area contributed by atoms with Crippen LogP contribution in [0.2, 0.25) is 5.02 Å². The Hall–Kier alpha value is -1.82. The lowest BCUT2D eigenvalue weighted by atomic mass is 10.2. The van der Waals surface area contributed by atoms with Gasteiger partial charge in [0, 0.05) is 0 Å². The molecule has 1 aromatic carbocycles. The molecule has 1 aromatic heterocycles. The SMILES string of the molecule is CC(Nc1cccc(Cl)c1N)c1nn[nH]n1. The van der Waals surface area contributed by atoms with Crippen LogP contribution in [0.25, 0.3) is 0 Å². The molecule has 2 rings (SSSR count). The fourth-order valence-electron chi connectivity index (χ4n) is 1.31. The maximum atomic E-state index is 5.91. The lowest BCUT2D eigenvalue weighted by Crippen LogP contribution is -2.10. The molecule has 0 amide bonds. The molecule has 6 nitrogen and oxygen atoms in total. The van der Waals surface area contributed by atoms with Crippen molar-refractivity contribution in [2.45, 2.75) is 13.0 Å². The molecule has 4 N–H and O–H groups in total. The van der Waals surface area contributed by atoms with E-state index in [4.69, 9.17) is 17.3 Å². The van der Waals surface area contributed by atoms with Crippen LogP contribution >= 0.6 is 11.6 Å². The number of nitrogens with zero attached hydrogens (tertiary/aromatic N) is 3. The molecule has 0 saturated carbocycles. The van der Waals surface area contributed by atoms with E-state index in [2.05, 4.69) is 25.9 Å². The Morgan fingerprint density at radius 3 is 3.00 bits per heavy atom. The molecular formula is C9H11ClN6. The van der Waals surface area contributed by atoms with Gasteiger partial charge in [-0.2, -0.15) is 5.21 Å². The molecule has 84 valence electrons. The molecule has 1 heterocycles. The van der Waals surface area contributed by atoms with E-state index >= 15 is 0 Å². The summed E-state index contributed by atoms with van der Waals surface area (Å²) in [5.74, 6) is 0.569. The Kier molecular flexibility index (Phi) is 2.91. The van der Waals surface area contributed by atoms with Gasteiger partial charge in [-0.3, -0.25) is 0 Å². The Morgan fingerprint density at radius 1 is 1.50 bits per heavy atom. The van der Waals surface area contributed by atoms with Crippen LogP contribution < -0.4 is 11.1 Å². The first-order chi connectivity index (χ1) is 7.68. The number of H-pyrrole nitrogens is 1.